The molecule has 0 unspecified atom stereocenters. The minimum atomic E-state index is 0.0520. The van der Waals surface area contributed by atoms with Gasteiger partial charge in [0.15, 0.2) is 0 Å². The van der Waals surface area contributed by atoms with Crippen molar-refractivity contribution in [2.45, 2.75) is 13.3 Å². The number of Topliss-reactive ketones (excluding diaryl/α,β-unsaturated/α-hetero) is 1. The quantitative estimate of drug-likeness (QED) is 0.792. The molecule has 0 aliphatic heterocycles. The van der Waals surface area contributed by atoms with E-state index in [9.17, 15) is 9.90 Å². The van der Waals surface area contributed by atoms with E-state index in [0.717, 1.165) is 5.69 Å². The van der Waals surface area contributed by atoms with Gasteiger partial charge in [-0.05, 0) is 25.1 Å². The standard InChI is InChI=1S/C11H15NO2/c1-8(13)6-9-7-10(12(2)3)4-5-11(9)14/h4-5,7,14H,6H2,1-3H3. The number of phenolic OH excluding ortho intramolecular Hbond substituents is 1. The number of phenols is 1. The van der Waals surface area contributed by atoms with Crippen molar-refractivity contribution in [3.63, 3.8) is 0 Å². The van der Waals surface area contributed by atoms with Crippen LogP contribution in [-0.2, 0) is 11.2 Å². The SMILES string of the molecule is CC(=O)Cc1cc(N(C)C)ccc1O. The largest absolute Gasteiger partial charge is 0.508 e. The molecule has 0 aliphatic rings. The van der Waals surface area contributed by atoms with E-state index in [-0.39, 0.29) is 18.0 Å². The molecule has 0 amide bonds. The minimum absolute atomic E-state index is 0.0520. The Morgan fingerprint density at radius 1 is 1.43 bits per heavy atom. The van der Waals surface area contributed by atoms with Gasteiger partial charge in [0.1, 0.15) is 11.5 Å². The average Bonchev–Trinajstić information content (AvgIpc) is 2.07. The summed E-state index contributed by atoms with van der Waals surface area (Å²) in [7, 11) is 3.84. The molecule has 0 heterocycles. The van der Waals surface area contributed by atoms with Crippen LogP contribution in [0.2, 0.25) is 0 Å². The second-order valence-corrected chi connectivity index (χ2v) is 3.59. The highest BCUT2D eigenvalue weighted by molar-refractivity contribution is 5.79. The van der Waals surface area contributed by atoms with Crippen molar-refractivity contribution >= 4 is 11.5 Å². The fourth-order valence-electron chi connectivity index (χ4n) is 1.26. The first-order valence-corrected chi connectivity index (χ1v) is 4.49. The highest BCUT2D eigenvalue weighted by atomic mass is 16.3. The fraction of sp³-hybridized carbons (Fsp3) is 0.364. The predicted molar refractivity (Wildman–Crippen MR) is 56.8 cm³/mol. The molecular weight excluding hydrogens is 178 g/mol. The highest BCUT2D eigenvalue weighted by Crippen LogP contribution is 2.23. The van der Waals surface area contributed by atoms with Gasteiger partial charge in [0, 0.05) is 31.8 Å². The second-order valence-electron chi connectivity index (χ2n) is 3.59. The third kappa shape index (κ3) is 2.49. The Hall–Kier alpha value is -1.51. The topological polar surface area (TPSA) is 40.5 Å². The number of aromatic hydroxyl groups is 1. The minimum Gasteiger partial charge on any atom is -0.508 e. The highest BCUT2D eigenvalue weighted by Gasteiger charge is 2.06. The molecule has 0 aliphatic carbocycles. The normalized spacial score (nSPS) is 9.93. The zero-order valence-electron chi connectivity index (χ0n) is 8.74. The number of nitrogens with zero attached hydrogens (tertiary/aromatic N) is 1. The van der Waals surface area contributed by atoms with Crippen LogP contribution in [0.15, 0.2) is 18.2 Å². The van der Waals surface area contributed by atoms with Crippen LogP contribution in [0.4, 0.5) is 5.69 Å². The average molecular weight is 193 g/mol. The summed E-state index contributed by atoms with van der Waals surface area (Å²) in [6.07, 6.45) is 0.285. The number of rotatable bonds is 3. The van der Waals surface area contributed by atoms with Crippen LogP contribution in [0.5, 0.6) is 5.75 Å². The molecule has 0 fully saturated rings. The van der Waals surface area contributed by atoms with Crippen molar-refractivity contribution in [1.29, 1.82) is 0 Å². The van der Waals surface area contributed by atoms with Crippen molar-refractivity contribution in [3.8, 4) is 5.75 Å². The van der Waals surface area contributed by atoms with Gasteiger partial charge >= 0.3 is 0 Å². The summed E-state index contributed by atoms with van der Waals surface area (Å²) in [4.78, 5) is 12.9. The maximum Gasteiger partial charge on any atom is 0.134 e. The molecular formula is C11H15NO2. The van der Waals surface area contributed by atoms with E-state index < -0.39 is 0 Å². The summed E-state index contributed by atoms with van der Waals surface area (Å²) in [6, 6.07) is 5.27. The summed E-state index contributed by atoms with van der Waals surface area (Å²) in [5.74, 6) is 0.238. The predicted octanol–water partition coefficient (Wildman–Crippen LogP) is 1.59. The lowest BCUT2D eigenvalue weighted by atomic mass is 10.1. The van der Waals surface area contributed by atoms with Crippen LogP contribution in [0.25, 0.3) is 0 Å². The lowest BCUT2D eigenvalue weighted by Gasteiger charge is -2.14. The monoisotopic (exact) mass is 193 g/mol. The van der Waals surface area contributed by atoms with E-state index in [0.29, 0.717) is 5.56 Å². The zero-order chi connectivity index (χ0) is 10.7. The maximum absolute atomic E-state index is 10.9. The van der Waals surface area contributed by atoms with Crippen LogP contribution in [-0.4, -0.2) is 25.0 Å². The molecule has 1 aromatic rings. The summed E-state index contributed by atoms with van der Waals surface area (Å²) in [5.41, 5.74) is 1.67. The van der Waals surface area contributed by atoms with Crippen molar-refractivity contribution in [2.75, 3.05) is 19.0 Å². The lowest BCUT2D eigenvalue weighted by Crippen LogP contribution is -2.09. The van der Waals surface area contributed by atoms with Gasteiger partial charge in [-0.1, -0.05) is 0 Å². The number of carbonyl (C=O) groups is 1. The third-order valence-corrected chi connectivity index (χ3v) is 2.02. The van der Waals surface area contributed by atoms with E-state index in [2.05, 4.69) is 0 Å². The first-order valence-electron chi connectivity index (χ1n) is 4.49. The van der Waals surface area contributed by atoms with Crippen molar-refractivity contribution in [3.05, 3.63) is 23.8 Å². The van der Waals surface area contributed by atoms with Gasteiger partial charge < -0.3 is 10.0 Å². The van der Waals surface area contributed by atoms with E-state index in [1.807, 2.05) is 31.1 Å². The number of ketones is 1. The van der Waals surface area contributed by atoms with E-state index in [1.54, 1.807) is 6.07 Å². The van der Waals surface area contributed by atoms with E-state index >= 15 is 0 Å². The van der Waals surface area contributed by atoms with Crippen molar-refractivity contribution in [1.82, 2.24) is 0 Å². The molecule has 0 spiro atoms. The Morgan fingerprint density at radius 2 is 2.07 bits per heavy atom. The maximum atomic E-state index is 10.9. The molecule has 0 atom stereocenters. The zero-order valence-corrected chi connectivity index (χ0v) is 8.74. The van der Waals surface area contributed by atoms with Crippen molar-refractivity contribution < 1.29 is 9.90 Å². The second kappa shape index (κ2) is 4.13. The van der Waals surface area contributed by atoms with Crippen LogP contribution >= 0.6 is 0 Å². The van der Waals surface area contributed by atoms with Gasteiger partial charge in [-0.15, -0.1) is 0 Å². The number of hydrogen-bond donors (Lipinski definition) is 1. The molecule has 1 rings (SSSR count). The molecule has 0 bridgehead atoms. The van der Waals surface area contributed by atoms with Gasteiger partial charge in [0.05, 0.1) is 0 Å². The molecule has 0 saturated heterocycles. The lowest BCUT2D eigenvalue weighted by molar-refractivity contribution is -0.116. The fourth-order valence-corrected chi connectivity index (χ4v) is 1.26. The Morgan fingerprint density at radius 3 is 2.57 bits per heavy atom. The van der Waals surface area contributed by atoms with E-state index in [1.165, 1.54) is 6.92 Å². The van der Waals surface area contributed by atoms with Crippen LogP contribution in [0.1, 0.15) is 12.5 Å². The van der Waals surface area contributed by atoms with Gasteiger partial charge in [-0.2, -0.15) is 0 Å². The molecule has 0 radical (unpaired) electrons. The van der Waals surface area contributed by atoms with Gasteiger partial charge in [-0.25, -0.2) is 0 Å². The Bertz CT molecular complexity index is 345. The first kappa shape index (κ1) is 10.6. The number of benzene rings is 1. The third-order valence-electron chi connectivity index (χ3n) is 2.02. The number of anilines is 1. The molecule has 3 heteroatoms. The van der Waals surface area contributed by atoms with E-state index in [4.69, 9.17) is 0 Å². The van der Waals surface area contributed by atoms with Crippen LogP contribution < -0.4 is 4.90 Å². The summed E-state index contributed by atoms with van der Waals surface area (Å²) in [6.45, 7) is 1.52. The molecule has 0 aromatic heterocycles. The Balaban J connectivity index is 3.02. The summed E-state index contributed by atoms with van der Waals surface area (Å²) in [5, 5.41) is 9.49. The Kier molecular flexibility index (Phi) is 3.12. The molecule has 76 valence electrons. The molecule has 0 saturated carbocycles. The van der Waals surface area contributed by atoms with Crippen LogP contribution in [0.3, 0.4) is 0 Å². The molecule has 1 aromatic carbocycles. The Labute approximate surface area is 84.0 Å². The molecule has 1 N–H and O–H groups in total. The number of hydrogen-bond acceptors (Lipinski definition) is 3. The van der Waals surface area contributed by atoms with Gasteiger partial charge in [0.2, 0.25) is 0 Å². The summed E-state index contributed by atoms with van der Waals surface area (Å²) >= 11 is 0. The molecule has 3 nitrogen and oxygen atoms in total. The first-order chi connectivity index (χ1) is 6.50. The van der Waals surface area contributed by atoms with Crippen LogP contribution in [0, 0.1) is 0 Å². The number of carbonyl (C=O) groups excluding carboxylic acids is 1. The summed E-state index contributed by atoms with van der Waals surface area (Å²) < 4.78 is 0. The van der Waals surface area contributed by atoms with Crippen molar-refractivity contribution in [2.24, 2.45) is 0 Å². The van der Waals surface area contributed by atoms with Gasteiger partial charge in [0.25, 0.3) is 0 Å². The molecule has 14 heavy (non-hydrogen) atoms. The smallest absolute Gasteiger partial charge is 0.134 e. The van der Waals surface area contributed by atoms with Gasteiger partial charge in [-0.3, -0.25) is 4.79 Å².